The highest BCUT2D eigenvalue weighted by Gasteiger charge is 2.14. The third kappa shape index (κ3) is 4.85. The fourth-order valence-corrected chi connectivity index (χ4v) is 1.70. The molecule has 7 nitrogen and oxygen atoms in total. The number of non-ortho nitro benzene ring substituents is 1. The van der Waals surface area contributed by atoms with Crippen LogP contribution >= 0.6 is 11.6 Å². The van der Waals surface area contributed by atoms with Crippen molar-refractivity contribution in [1.29, 1.82) is 0 Å². The van der Waals surface area contributed by atoms with Crippen molar-refractivity contribution in [3.63, 3.8) is 0 Å². The van der Waals surface area contributed by atoms with Crippen LogP contribution in [-0.4, -0.2) is 27.8 Å². The zero-order valence-electron chi connectivity index (χ0n) is 10.5. The molecular formula is C12H13ClN2O5. The van der Waals surface area contributed by atoms with Crippen LogP contribution in [0.15, 0.2) is 18.2 Å². The zero-order chi connectivity index (χ0) is 15.1. The van der Waals surface area contributed by atoms with E-state index in [9.17, 15) is 19.7 Å². The number of nitrogens with one attached hydrogen (secondary N) is 1. The van der Waals surface area contributed by atoms with Crippen LogP contribution < -0.4 is 5.32 Å². The molecule has 0 aliphatic carbocycles. The van der Waals surface area contributed by atoms with Crippen molar-refractivity contribution < 1.29 is 19.6 Å². The second-order valence-corrected chi connectivity index (χ2v) is 4.40. The molecule has 20 heavy (non-hydrogen) atoms. The van der Waals surface area contributed by atoms with Gasteiger partial charge in [0.15, 0.2) is 0 Å². The van der Waals surface area contributed by atoms with Crippen molar-refractivity contribution >= 4 is 34.9 Å². The summed E-state index contributed by atoms with van der Waals surface area (Å²) < 4.78 is 0. The first-order chi connectivity index (χ1) is 9.43. The van der Waals surface area contributed by atoms with Crippen molar-refractivity contribution in [3.05, 3.63) is 33.9 Å². The molecule has 1 aromatic carbocycles. The molecule has 0 aliphatic rings. The summed E-state index contributed by atoms with van der Waals surface area (Å²) in [5.41, 5.74) is -0.552. The number of hydrogen-bond donors (Lipinski definition) is 2. The number of halogens is 1. The van der Waals surface area contributed by atoms with Crippen molar-refractivity contribution in [1.82, 2.24) is 0 Å². The van der Waals surface area contributed by atoms with Gasteiger partial charge < -0.3 is 10.4 Å². The van der Waals surface area contributed by atoms with Crippen LogP contribution in [0.4, 0.5) is 11.4 Å². The van der Waals surface area contributed by atoms with Gasteiger partial charge in [-0.2, -0.15) is 0 Å². The van der Waals surface area contributed by atoms with Gasteiger partial charge >= 0.3 is 5.97 Å². The van der Waals surface area contributed by atoms with Crippen LogP contribution in [0.1, 0.15) is 29.6 Å². The molecule has 0 saturated heterocycles. The number of hydrogen-bond acceptors (Lipinski definition) is 4. The largest absolute Gasteiger partial charge is 0.478 e. The molecule has 0 bridgehead atoms. The number of nitro benzene ring substituents is 1. The number of rotatable bonds is 7. The monoisotopic (exact) mass is 300 g/mol. The molecule has 1 amide bonds. The minimum Gasteiger partial charge on any atom is -0.478 e. The van der Waals surface area contributed by atoms with Gasteiger partial charge in [0, 0.05) is 30.1 Å². The summed E-state index contributed by atoms with van der Waals surface area (Å²) in [6, 6.07) is 3.23. The number of carboxylic acids is 1. The third-order valence-corrected chi connectivity index (χ3v) is 2.71. The topological polar surface area (TPSA) is 110 Å². The number of aromatic carboxylic acids is 1. The van der Waals surface area contributed by atoms with E-state index in [1.54, 1.807) is 0 Å². The maximum Gasteiger partial charge on any atom is 0.336 e. The summed E-state index contributed by atoms with van der Waals surface area (Å²) >= 11 is 5.48. The number of carbonyl (C=O) groups is 2. The van der Waals surface area contributed by atoms with E-state index in [1.807, 2.05) is 0 Å². The zero-order valence-corrected chi connectivity index (χ0v) is 11.2. The Morgan fingerprint density at radius 1 is 1.30 bits per heavy atom. The fourth-order valence-electron chi connectivity index (χ4n) is 1.52. The number of carbonyl (C=O) groups excluding carboxylic acids is 1. The molecule has 0 aromatic heterocycles. The van der Waals surface area contributed by atoms with Gasteiger partial charge in [-0.3, -0.25) is 14.9 Å². The average molecular weight is 301 g/mol. The standard InChI is InChI=1S/C12H13ClN2O5/c13-4-2-1-3-11(16)14-9-5-8(12(17)18)6-10(7-9)15(19)20/h5-7H,1-4H2,(H,14,16)(H,17,18). The van der Waals surface area contributed by atoms with Gasteiger partial charge in [0.05, 0.1) is 10.5 Å². The molecule has 0 unspecified atom stereocenters. The highest BCUT2D eigenvalue weighted by atomic mass is 35.5. The van der Waals surface area contributed by atoms with Crippen LogP contribution in [0.5, 0.6) is 0 Å². The molecular weight excluding hydrogens is 288 g/mol. The number of nitrogens with zero attached hydrogens (tertiary/aromatic N) is 1. The van der Waals surface area contributed by atoms with Crippen LogP contribution in [0.25, 0.3) is 0 Å². The summed E-state index contributed by atoms with van der Waals surface area (Å²) in [4.78, 5) is 32.4. The van der Waals surface area contributed by atoms with Crippen molar-refractivity contribution in [2.24, 2.45) is 0 Å². The maximum absolute atomic E-state index is 11.6. The Labute approximate surface area is 119 Å². The molecule has 0 aliphatic heterocycles. The van der Waals surface area contributed by atoms with Crippen molar-refractivity contribution in [2.75, 3.05) is 11.2 Å². The summed E-state index contributed by atoms with van der Waals surface area (Å²) in [6.07, 6.45) is 1.50. The molecule has 0 saturated carbocycles. The Kier molecular flexibility index (Phi) is 5.92. The van der Waals surface area contributed by atoms with E-state index in [-0.39, 0.29) is 29.3 Å². The van der Waals surface area contributed by atoms with Crippen LogP contribution in [0.2, 0.25) is 0 Å². The van der Waals surface area contributed by atoms with Gasteiger partial charge in [-0.25, -0.2) is 4.79 Å². The van der Waals surface area contributed by atoms with E-state index in [0.717, 1.165) is 12.1 Å². The van der Waals surface area contributed by atoms with Gasteiger partial charge in [-0.15, -0.1) is 11.6 Å². The van der Waals surface area contributed by atoms with E-state index in [4.69, 9.17) is 16.7 Å². The predicted molar refractivity (Wildman–Crippen MR) is 73.3 cm³/mol. The third-order valence-electron chi connectivity index (χ3n) is 2.45. The number of carboxylic acid groups (broad SMARTS) is 1. The van der Waals surface area contributed by atoms with Crippen LogP contribution in [0.3, 0.4) is 0 Å². The number of alkyl halides is 1. The molecule has 8 heteroatoms. The molecule has 1 aromatic rings. The Bertz CT molecular complexity index is 500. The molecule has 0 heterocycles. The lowest BCUT2D eigenvalue weighted by Gasteiger charge is -2.06. The predicted octanol–water partition coefficient (Wildman–Crippen LogP) is 2.64. The number of nitro groups is 1. The van der Waals surface area contributed by atoms with Crippen LogP contribution in [0, 0.1) is 10.1 Å². The summed E-state index contributed by atoms with van der Waals surface area (Å²) in [5, 5.41) is 22.0. The smallest absolute Gasteiger partial charge is 0.336 e. The molecule has 1 rings (SSSR count). The molecule has 0 radical (unpaired) electrons. The molecule has 2 N–H and O–H groups in total. The van der Waals surface area contributed by atoms with E-state index >= 15 is 0 Å². The van der Waals surface area contributed by atoms with Gasteiger partial charge in [-0.1, -0.05) is 0 Å². The highest BCUT2D eigenvalue weighted by molar-refractivity contribution is 6.17. The first-order valence-corrected chi connectivity index (χ1v) is 6.36. The second kappa shape index (κ2) is 7.44. The molecule has 0 spiro atoms. The van der Waals surface area contributed by atoms with Gasteiger partial charge in [0.1, 0.15) is 0 Å². The minimum absolute atomic E-state index is 0.0903. The first-order valence-electron chi connectivity index (χ1n) is 5.82. The van der Waals surface area contributed by atoms with Gasteiger partial charge in [0.2, 0.25) is 5.91 Å². The van der Waals surface area contributed by atoms with Crippen molar-refractivity contribution in [3.8, 4) is 0 Å². The Balaban J connectivity index is 2.86. The number of benzene rings is 1. The lowest BCUT2D eigenvalue weighted by Crippen LogP contribution is -2.12. The molecule has 0 fully saturated rings. The van der Waals surface area contributed by atoms with E-state index in [1.165, 1.54) is 6.07 Å². The van der Waals surface area contributed by atoms with Gasteiger partial charge in [-0.05, 0) is 18.9 Å². The fraction of sp³-hybridized carbons (Fsp3) is 0.333. The Hall–Kier alpha value is -2.15. The normalized spacial score (nSPS) is 10.1. The van der Waals surface area contributed by atoms with Gasteiger partial charge in [0.25, 0.3) is 5.69 Å². The Morgan fingerprint density at radius 2 is 2.00 bits per heavy atom. The quantitative estimate of drug-likeness (QED) is 0.348. The number of unbranched alkanes of at least 4 members (excludes halogenated alkanes) is 1. The Morgan fingerprint density at radius 3 is 2.55 bits per heavy atom. The van der Waals surface area contributed by atoms with E-state index < -0.39 is 10.9 Å². The minimum atomic E-state index is -1.30. The number of amides is 1. The first kappa shape index (κ1) is 15.9. The van der Waals surface area contributed by atoms with Crippen molar-refractivity contribution in [2.45, 2.75) is 19.3 Å². The highest BCUT2D eigenvalue weighted by Crippen LogP contribution is 2.21. The second-order valence-electron chi connectivity index (χ2n) is 4.03. The summed E-state index contributed by atoms with van der Waals surface area (Å²) in [7, 11) is 0. The van der Waals surface area contributed by atoms with Crippen LogP contribution in [-0.2, 0) is 4.79 Å². The lowest BCUT2D eigenvalue weighted by atomic mass is 10.1. The van der Waals surface area contributed by atoms with E-state index in [0.29, 0.717) is 18.7 Å². The molecule has 108 valence electrons. The average Bonchev–Trinajstić information content (AvgIpc) is 2.38. The van der Waals surface area contributed by atoms with E-state index in [2.05, 4.69) is 5.32 Å². The number of anilines is 1. The lowest BCUT2D eigenvalue weighted by molar-refractivity contribution is -0.384. The maximum atomic E-state index is 11.6. The molecule has 0 atom stereocenters. The summed E-state index contributed by atoms with van der Waals surface area (Å²) in [5.74, 6) is -1.19. The summed E-state index contributed by atoms with van der Waals surface area (Å²) in [6.45, 7) is 0. The SMILES string of the molecule is O=C(CCCCCl)Nc1cc(C(=O)O)cc([N+](=O)[O-])c1.